The zero-order valence-corrected chi connectivity index (χ0v) is 10.7. The van der Waals surface area contributed by atoms with Crippen LogP contribution in [0.4, 0.5) is 0 Å². The lowest BCUT2D eigenvalue weighted by molar-refractivity contribution is 0.181. The van der Waals surface area contributed by atoms with Crippen LogP contribution in [0, 0.1) is 0 Å². The van der Waals surface area contributed by atoms with Gasteiger partial charge in [0.15, 0.2) is 0 Å². The third-order valence-corrected chi connectivity index (χ3v) is 3.14. The summed E-state index contributed by atoms with van der Waals surface area (Å²) in [6.45, 7) is 1.28. The van der Waals surface area contributed by atoms with E-state index in [1.54, 1.807) is 7.11 Å². The molecule has 0 aliphatic heterocycles. The molecule has 2 aromatic rings. The van der Waals surface area contributed by atoms with Crippen molar-refractivity contribution in [2.45, 2.75) is 5.92 Å². The lowest BCUT2D eigenvalue weighted by Gasteiger charge is -2.14. The molecule has 2 heteroatoms. The fourth-order valence-corrected chi connectivity index (χ4v) is 2.08. The van der Waals surface area contributed by atoms with Crippen molar-refractivity contribution in [1.82, 2.24) is 0 Å². The first-order valence-electron chi connectivity index (χ1n) is 6.19. The van der Waals surface area contributed by atoms with Gasteiger partial charge in [0.1, 0.15) is 0 Å². The summed E-state index contributed by atoms with van der Waals surface area (Å²) < 4.78 is 5.18. The molecule has 0 saturated heterocycles. The maximum absolute atomic E-state index is 5.76. The molecule has 0 fully saturated rings. The Hall–Kier alpha value is -1.64. The number of hydrogen-bond acceptors (Lipinski definition) is 2. The van der Waals surface area contributed by atoms with E-state index in [4.69, 9.17) is 10.5 Å². The van der Waals surface area contributed by atoms with Crippen molar-refractivity contribution < 1.29 is 4.74 Å². The molecule has 0 aliphatic carbocycles. The van der Waals surface area contributed by atoms with E-state index in [-0.39, 0.29) is 5.92 Å². The van der Waals surface area contributed by atoms with E-state index < -0.39 is 0 Å². The van der Waals surface area contributed by atoms with Gasteiger partial charge in [-0.1, -0.05) is 54.6 Å². The van der Waals surface area contributed by atoms with Crippen LogP contribution in [-0.2, 0) is 4.74 Å². The van der Waals surface area contributed by atoms with Crippen LogP contribution in [0.5, 0.6) is 0 Å². The average Bonchev–Trinajstić information content (AvgIpc) is 2.46. The molecule has 1 atom stereocenters. The summed E-state index contributed by atoms with van der Waals surface area (Å²) in [6, 6.07) is 18.9. The molecule has 2 rings (SSSR count). The van der Waals surface area contributed by atoms with Crippen molar-refractivity contribution in [3.63, 3.8) is 0 Å². The number of benzene rings is 2. The van der Waals surface area contributed by atoms with Crippen molar-refractivity contribution in [2.75, 3.05) is 20.3 Å². The van der Waals surface area contributed by atoms with E-state index in [1.807, 2.05) is 6.07 Å². The predicted octanol–water partition coefficient (Wildman–Crippen LogP) is 3.04. The molecule has 0 saturated carbocycles. The van der Waals surface area contributed by atoms with Gasteiger partial charge in [0, 0.05) is 19.6 Å². The second kappa shape index (κ2) is 6.34. The van der Waals surface area contributed by atoms with Crippen LogP contribution in [0.25, 0.3) is 11.1 Å². The van der Waals surface area contributed by atoms with E-state index >= 15 is 0 Å². The summed E-state index contributed by atoms with van der Waals surface area (Å²) in [6.07, 6.45) is 0. The Morgan fingerprint density at radius 2 is 1.56 bits per heavy atom. The number of hydrogen-bond donors (Lipinski definition) is 1. The number of ether oxygens (including phenoxy) is 1. The van der Waals surface area contributed by atoms with Gasteiger partial charge >= 0.3 is 0 Å². The molecule has 0 heterocycles. The van der Waals surface area contributed by atoms with Gasteiger partial charge < -0.3 is 10.5 Å². The van der Waals surface area contributed by atoms with Gasteiger partial charge in [-0.05, 0) is 16.7 Å². The SMILES string of the molecule is COCC(CN)c1ccc(-c2ccccc2)cc1. The zero-order chi connectivity index (χ0) is 12.8. The van der Waals surface area contributed by atoms with Gasteiger partial charge in [-0.3, -0.25) is 0 Å². The Balaban J connectivity index is 2.19. The van der Waals surface area contributed by atoms with Gasteiger partial charge in [0.05, 0.1) is 6.61 Å². The Kier molecular flexibility index (Phi) is 4.51. The van der Waals surface area contributed by atoms with Gasteiger partial charge in [-0.15, -0.1) is 0 Å². The number of nitrogens with two attached hydrogens (primary N) is 1. The topological polar surface area (TPSA) is 35.2 Å². The first-order chi connectivity index (χ1) is 8.85. The van der Waals surface area contributed by atoms with Crippen LogP contribution in [-0.4, -0.2) is 20.3 Å². The smallest absolute Gasteiger partial charge is 0.0543 e. The van der Waals surface area contributed by atoms with Crippen LogP contribution in [0.3, 0.4) is 0 Å². The van der Waals surface area contributed by atoms with Crippen LogP contribution < -0.4 is 5.73 Å². The lowest BCUT2D eigenvalue weighted by atomic mass is 9.97. The lowest BCUT2D eigenvalue weighted by Crippen LogP contribution is -2.17. The molecule has 0 amide bonds. The minimum atomic E-state index is 0.278. The Labute approximate surface area is 108 Å². The molecule has 2 nitrogen and oxygen atoms in total. The molecule has 2 aromatic carbocycles. The highest BCUT2D eigenvalue weighted by Gasteiger charge is 2.09. The van der Waals surface area contributed by atoms with Gasteiger partial charge in [-0.25, -0.2) is 0 Å². The Bertz CT molecular complexity index is 464. The van der Waals surface area contributed by atoms with Crippen LogP contribution in [0.1, 0.15) is 11.5 Å². The van der Waals surface area contributed by atoms with E-state index in [9.17, 15) is 0 Å². The van der Waals surface area contributed by atoms with E-state index in [1.165, 1.54) is 16.7 Å². The monoisotopic (exact) mass is 241 g/mol. The zero-order valence-electron chi connectivity index (χ0n) is 10.7. The predicted molar refractivity (Wildman–Crippen MR) is 75.5 cm³/mol. The van der Waals surface area contributed by atoms with Gasteiger partial charge in [0.25, 0.3) is 0 Å². The minimum Gasteiger partial charge on any atom is -0.384 e. The van der Waals surface area contributed by atoms with E-state index in [0.717, 1.165) is 0 Å². The van der Waals surface area contributed by atoms with Crippen LogP contribution in [0.2, 0.25) is 0 Å². The number of methoxy groups -OCH3 is 1. The van der Waals surface area contributed by atoms with E-state index in [0.29, 0.717) is 13.2 Å². The molecule has 0 aliphatic rings. The molecular weight excluding hydrogens is 222 g/mol. The standard InChI is InChI=1S/C16H19NO/c1-18-12-16(11-17)15-9-7-14(8-10-15)13-5-3-2-4-6-13/h2-10,16H,11-12,17H2,1H3. The molecule has 0 bridgehead atoms. The second-order valence-electron chi connectivity index (χ2n) is 4.38. The maximum Gasteiger partial charge on any atom is 0.0543 e. The molecule has 94 valence electrons. The average molecular weight is 241 g/mol. The molecule has 1 unspecified atom stereocenters. The fourth-order valence-electron chi connectivity index (χ4n) is 2.08. The summed E-state index contributed by atoms with van der Waals surface area (Å²) in [5.41, 5.74) is 9.46. The number of rotatable bonds is 5. The van der Waals surface area contributed by atoms with Crippen molar-refractivity contribution >= 4 is 0 Å². The van der Waals surface area contributed by atoms with Crippen molar-refractivity contribution in [1.29, 1.82) is 0 Å². The third kappa shape index (κ3) is 2.97. The van der Waals surface area contributed by atoms with Crippen LogP contribution >= 0.6 is 0 Å². The molecular formula is C16H19NO. The van der Waals surface area contributed by atoms with Gasteiger partial charge in [-0.2, -0.15) is 0 Å². The first-order valence-corrected chi connectivity index (χ1v) is 6.19. The summed E-state index contributed by atoms with van der Waals surface area (Å²) in [4.78, 5) is 0. The Morgan fingerprint density at radius 3 is 2.11 bits per heavy atom. The van der Waals surface area contributed by atoms with Gasteiger partial charge in [0.2, 0.25) is 0 Å². The molecule has 0 radical (unpaired) electrons. The highest BCUT2D eigenvalue weighted by Crippen LogP contribution is 2.22. The summed E-state index contributed by atoms with van der Waals surface area (Å²) in [7, 11) is 1.71. The van der Waals surface area contributed by atoms with E-state index in [2.05, 4.69) is 48.5 Å². The normalized spacial score (nSPS) is 12.3. The minimum absolute atomic E-state index is 0.278. The summed E-state index contributed by atoms with van der Waals surface area (Å²) in [5, 5.41) is 0. The summed E-state index contributed by atoms with van der Waals surface area (Å²) in [5.74, 6) is 0.278. The van der Waals surface area contributed by atoms with Crippen molar-refractivity contribution in [3.05, 3.63) is 60.2 Å². The molecule has 0 aromatic heterocycles. The molecule has 18 heavy (non-hydrogen) atoms. The molecule has 2 N–H and O–H groups in total. The molecule has 0 spiro atoms. The Morgan fingerprint density at radius 1 is 0.944 bits per heavy atom. The first kappa shape index (κ1) is 12.8. The summed E-state index contributed by atoms with van der Waals surface area (Å²) >= 11 is 0. The quantitative estimate of drug-likeness (QED) is 0.873. The largest absolute Gasteiger partial charge is 0.384 e. The maximum atomic E-state index is 5.76. The van der Waals surface area contributed by atoms with Crippen molar-refractivity contribution in [3.8, 4) is 11.1 Å². The second-order valence-corrected chi connectivity index (χ2v) is 4.38. The third-order valence-electron chi connectivity index (χ3n) is 3.14. The highest BCUT2D eigenvalue weighted by atomic mass is 16.5. The van der Waals surface area contributed by atoms with Crippen molar-refractivity contribution in [2.24, 2.45) is 5.73 Å². The van der Waals surface area contributed by atoms with Crippen LogP contribution in [0.15, 0.2) is 54.6 Å². The highest BCUT2D eigenvalue weighted by molar-refractivity contribution is 5.63. The fraction of sp³-hybridized carbons (Fsp3) is 0.250.